The van der Waals surface area contributed by atoms with Crippen molar-refractivity contribution in [3.05, 3.63) is 39.6 Å². The van der Waals surface area contributed by atoms with Crippen LogP contribution in [0.4, 0.5) is 0 Å². The van der Waals surface area contributed by atoms with Crippen LogP contribution in [0.3, 0.4) is 0 Å². The van der Waals surface area contributed by atoms with E-state index in [4.69, 9.17) is 9.47 Å². The van der Waals surface area contributed by atoms with E-state index >= 15 is 0 Å². The molecule has 0 spiro atoms. The number of benzene rings is 1. The summed E-state index contributed by atoms with van der Waals surface area (Å²) in [4.78, 5) is 10.8. The Kier molecular flexibility index (Phi) is 6.03. The standard InChI is InChI=1S/C15H21NO4/c1-5-20-14-8-6-7-12(15(14)19-4)10-13(16(17)18)9-11(2)3/h6-8,10-11H,5,9H2,1-4H3. The fourth-order valence-electron chi connectivity index (χ4n) is 1.92. The molecular weight excluding hydrogens is 258 g/mol. The lowest BCUT2D eigenvalue weighted by molar-refractivity contribution is -0.427. The Bertz CT molecular complexity index is 495. The highest BCUT2D eigenvalue weighted by Crippen LogP contribution is 2.33. The highest BCUT2D eigenvalue weighted by Gasteiger charge is 2.16. The highest BCUT2D eigenvalue weighted by atomic mass is 16.6. The van der Waals surface area contributed by atoms with E-state index in [1.165, 1.54) is 7.11 Å². The predicted octanol–water partition coefficient (Wildman–Crippen LogP) is 3.76. The molecule has 0 saturated heterocycles. The molecule has 0 unspecified atom stereocenters. The molecule has 5 heteroatoms. The largest absolute Gasteiger partial charge is 0.492 e. The Labute approximate surface area is 119 Å². The average Bonchev–Trinajstić information content (AvgIpc) is 2.38. The monoisotopic (exact) mass is 279 g/mol. The summed E-state index contributed by atoms with van der Waals surface area (Å²) in [5.74, 6) is 1.33. The third-order valence-electron chi connectivity index (χ3n) is 2.69. The van der Waals surface area contributed by atoms with Crippen molar-refractivity contribution in [1.29, 1.82) is 0 Å². The van der Waals surface area contributed by atoms with Gasteiger partial charge in [-0.3, -0.25) is 10.1 Å². The van der Waals surface area contributed by atoms with Crippen LogP contribution in [0.5, 0.6) is 11.5 Å². The molecule has 1 rings (SSSR count). The molecule has 1 aromatic rings. The van der Waals surface area contributed by atoms with Crippen LogP contribution in [0.2, 0.25) is 0 Å². The summed E-state index contributed by atoms with van der Waals surface area (Å²) in [7, 11) is 1.53. The molecule has 110 valence electrons. The van der Waals surface area contributed by atoms with E-state index in [-0.39, 0.29) is 16.5 Å². The number of hydrogen-bond acceptors (Lipinski definition) is 4. The first-order valence-electron chi connectivity index (χ1n) is 6.64. The molecule has 0 amide bonds. The van der Waals surface area contributed by atoms with Crippen molar-refractivity contribution >= 4 is 6.08 Å². The molecular formula is C15H21NO4. The maximum absolute atomic E-state index is 11.1. The van der Waals surface area contributed by atoms with Crippen molar-refractivity contribution in [2.24, 2.45) is 5.92 Å². The molecule has 0 atom stereocenters. The summed E-state index contributed by atoms with van der Waals surface area (Å²) >= 11 is 0. The van der Waals surface area contributed by atoms with Crippen molar-refractivity contribution in [3.8, 4) is 11.5 Å². The van der Waals surface area contributed by atoms with E-state index in [1.807, 2.05) is 20.8 Å². The molecule has 20 heavy (non-hydrogen) atoms. The number of methoxy groups -OCH3 is 1. The van der Waals surface area contributed by atoms with Crippen molar-refractivity contribution in [2.45, 2.75) is 27.2 Å². The van der Waals surface area contributed by atoms with Crippen molar-refractivity contribution in [2.75, 3.05) is 13.7 Å². The Morgan fingerprint density at radius 1 is 1.45 bits per heavy atom. The molecule has 0 N–H and O–H groups in total. The molecule has 0 aromatic heterocycles. The van der Waals surface area contributed by atoms with Gasteiger partial charge in [0.15, 0.2) is 11.5 Å². The predicted molar refractivity (Wildman–Crippen MR) is 78.6 cm³/mol. The number of nitrogens with zero attached hydrogens (tertiary/aromatic N) is 1. The van der Waals surface area contributed by atoms with Gasteiger partial charge in [-0.05, 0) is 18.9 Å². The summed E-state index contributed by atoms with van der Waals surface area (Å²) < 4.78 is 10.8. The second kappa shape index (κ2) is 7.53. The average molecular weight is 279 g/mol. The van der Waals surface area contributed by atoms with Crippen LogP contribution >= 0.6 is 0 Å². The Balaban J connectivity index is 3.22. The Morgan fingerprint density at radius 2 is 2.15 bits per heavy atom. The minimum absolute atomic E-state index is 0.173. The number of ether oxygens (including phenoxy) is 2. The molecule has 5 nitrogen and oxygen atoms in total. The van der Waals surface area contributed by atoms with Gasteiger partial charge in [-0.1, -0.05) is 26.0 Å². The smallest absolute Gasteiger partial charge is 0.247 e. The van der Waals surface area contributed by atoms with Crippen LogP contribution in [0.25, 0.3) is 6.08 Å². The normalized spacial score (nSPS) is 11.6. The van der Waals surface area contributed by atoms with Crippen molar-refractivity contribution in [1.82, 2.24) is 0 Å². The van der Waals surface area contributed by atoms with Gasteiger partial charge in [0.25, 0.3) is 0 Å². The van der Waals surface area contributed by atoms with Gasteiger partial charge in [-0.15, -0.1) is 0 Å². The molecule has 0 fully saturated rings. The van der Waals surface area contributed by atoms with Crippen LogP contribution in [-0.2, 0) is 0 Å². The van der Waals surface area contributed by atoms with Gasteiger partial charge < -0.3 is 9.47 Å². The molecule has 0 bridgehead atoms. The SMILES string of the molecule is CCOc1cccc(C=C(CC(C)C)[N+](=O)[O-])c1OC. The molecule has 0 radical (unpaired) electrons. The van der Waals surface area contributed by atoms with E-state index in [9.17, 15) is 10.1 Å². The number of allylic oxidation sites excluding steroid dienone is 1. The van der Waals surface area contributed by atoms with Crippen LogP contribution in [0.1, 0.15) is 32.8 Å². The molecule has 1 aromatic carbocycles. The maximum Gasteiger partial charge on any atom is 0.247 e. The molecule has 0 saturated carbocycles. The fraction of sp³-hybridized carbons (Fsp3) is 0.467. The van der Waals surface area contributed by atoms with Gasteiger partial charge >= 0.3 is 0 Å². The van der Waals surface area contributed by atoms with E-state index in [0.29, 0.717) is 30.1 Å². The van der Waals surface area contributed by atoms with E-state index in [1.54, 1.807) is 24.3 Å². The van der Waals surface area contributed by atoms with Crippen LogP contribution in [-0.4, -0.2) is 18.6 Å². The molecule has 0 aliphatic rings. The van der Waals surface area contributed by atoms with E-state index in [0.717, 1.165) is 0 Å². The molecule has 0 aliphatic heterocycles. The van der Waals surface area contributed by atoms with Crippen LogP contribution in [0, 0.1) is 16.0 Å². The van der Waals surface area contributed by atoms with Gasteiger partial charge in [-0.25, -0.2) is 0 Å². The first-order chi connectivity index (χ1) is 9.49. The quantitative estimate of drug-likeness (QED) is 0.563. The van der Waals surface area contributed by atoms with Gasteiger partial charge in [0.1, 0.15) is 0 Å². The summed E-state index contributed by atoms with van der Waals surface area (Å²) in [6.45, 7) is 6.29. The topological polar surface area (TPSA) is 61.6 Å². The Morgan fingerprint density at radius 3 is 2.65 bits per heavy atom. The third kappa shape index (κ3) is 4.26. The minimum Gasteiger partial charge on any atom is -0.492 e. The zero-order valence-corrected chi connectivity index (χ0v) is 12.4. The first kappa shape index (κ1) is 16.0. The zero-order chi connectivity index (χ0) is 15.1. The molecule has 0 aliphatic carbocycles. The summed E-state index contributed by atoms with van der Waals surface area (Å²) in [6, 6.07) is 5.37. The maximum atomic E-state index is 11.1. The highest BCUT2D eigenvalue weighted by molar-refractivity contribution is 5.63. The summed E-state index contributed by atoms with van der Waals surface area (Å²) in [5, 5.41) is 11.1. The Hall–Kier alpha value is -2.04. The number of nitro groups is 1. The fourth-order valence-corrected chi connectivity index (χ4v) is 1.92. The number of hydrogen-bond donors (Lipinski definition) is 0. The van der Waals surface area contributed by atoms with Gasteiger partial charge in [-0.2, -0.15) is 0 Å². The minimum atomic E-state index is -0.340. The first-order valence-corrected chi connectivity index (χ1v) is 6.64. The zero-order valence-electron chi connectivity index (χ0n) is 12.4. The number of rotatable bonds is 7. The van der Waals surface area contributed by atoms with Crippen LogP contribution in [0.15, 0.2) is 23.9 Å². The third-order valence-corrected chi connectivity index (χ3v) is 2.69. The van der Waals surface area contributed by atoms with Gasteiger partial charge in [0.2, 0.25) is 5.70 Å². The van der Waals surface area contributed by atoms with Crippen LogP contribution < -0.4 is 9.47 Å². The number of para-hydroxylation sites is 1. The summed E-state index contributed by atoms with van der Waals surface area (Å²) in [5.41, 5.74) is 0.831. The van der Waals surface area contributed by atoms with Crippen molar-refractivity contribution in [3.63, 3.8) is 0 Å². The second-order valence-electron chi connectivity index (χ2n) is 4.80. The molecule has 0 heterocycles. The van der Waals surface area contributed by atoms with Gasteiger partial charge in [0, 0.05) is 18.1 Å². The van der Waals surface area contributed by atoms with Gasteiger partial charge in [0.05, 0.1) is 18.6 Å². The van der Waals surface area contributed by atoms with E-state index in [2.05, 4.69) is 0 Å². The second-order valence-corrected chi connectivity index (χ2v) is 4.80. The lowest BCUT2D eigenvalue weighted by Crippen LogP contribution is -2.03. The lowest BCUT2D eigenvalue weighted by Gasteiger charge is -2.11. The lowest BCUT2D eigenvalue weighted by atomic mass is 10.1. The van der Waals surface area contributed by atoms with E-state index < -0.39 is 0 Å². The summed E-state index contributed by atoms with van der Waals surface area (Å²) in [6.07, 6.45) is 1.97. The van der Waals surface area contributed by atoms with Crippen molar-refractivity contribution < 1.29 is 14.4 Å².